The van der Waals surface area contributed by atoms with E-state index in [0.717, 1.165) is 49.3 Å². The Morgan fingerprint density at radius 3 is 2.74 bits per heavy atom. The Hall–Kier alpha value is -2.16. The Kier molecular flexibility index (Phi) is 4.75. The lowest BCUT2D eigenvalue weighted by Crippen LogP contribution is -2.47. The number of likely N-dealkylation sites (N-methyl/N-ethyl adjacent to an activating group) is 1. The lowest BCUT2D eigenvalue weighted by molar-refractivity contribution is 0.151. The molecule has 0 bridgehead atoms. The summed E-state index contributed by atoms with van der Waals surface area (Å²) in [6, 6.07) is 10.5. The van der Waals surface area contributed by atoms with E-state index in [1.165, 1.54) is 0 Å². The number of nitriles is 1. The summed E-state index contributed by atoms with van der Waals surface area (Å²) in [4.78, 5) is 9.20. The zero-order valence-electron chi connectivity index (χ0n) is 13.8. The summed E-state index contributed by atoms with van der Waals surface area (Å²) in [5.41, 5.74) is 2.43. The van der Waals surface area contributed by atoms with Gasteiger partial charge in [-0.1, -0.05) is 18.2 Å². The van der Waals surface area contributed by atoms with Crippen LogP contribution >= 0.6 is 0 Å². The van der Waals surface area contributed by atoms with Crippen LogP contribution in [0.5, 0.6) is 0 Å². The number of piperazine rings is 1. The van der Waals surface area contributed by atoms with Crippen LogP contribution in [0.3, 0.4) is 0 Å². The highest BCUT2D eigenvalue weighted by molar-refractivity contribution is 5.93. The van der Waals surface area contributed by atoms with Gasteiger partial charge in [0.1, 0.15) is 6.07 Å². The third-order valence-electron chi connectivity index (χ3n) is 4.41. The molecule has 1 fully saturated rings. The van der Waals surface area contributed by atoms with Gasteiger partial charge in [0.05, 0.1) is 16.8 Å². The molecule has 0 aliphatic carbocycles. The van der Waals surface area contributed by atoms with E-state index < -0.39 is 0 Å². The molecule has 0 radical (unpaired) electrons. The summed E-state index contributed by atoms with van der Waals surface area (Å²) >= 11 is 0. The number of fused-ring (bicyclic) bond motifs is 1. The SMILES string of the molecule is CC(CN1CCN(C)CC1)Nc1c(C#N)cnc2ccccc12. The zero-order chi connectivity index (χ0) is 16.2. The molecule has 1 saturated heterocycles. The number of hydrogen-bond donors (Lipinski definition) is 1. The predicted octanol–water partition coefficient (Wildman–Crippen LogP) is 2.15. The van der Waals surface area contributed by atoms with E-state index in [9.17, 15) is 5.26 Å². The molecule has 1 aromatic carbocycles. The monoisotopic (exact) mass is 309 g/mol. The molecule has 2 heterocycles. The fraction of sp³-hybridized carbons (Fsp3) is 0.444. The molecule has 0 spiro atoms. The summed E-state index contributed by atoms with van der Waals surface area (Å²) in [6.45, 7) is 7.60. The fourth-order valence-electron chi connectivity index (χ4n) is 3.09. The van der Waals surface area contributed by atoms with Crippen LogP contribution in [0.2, 0.25) is 0 Å². The highest BCUT2D eigenvalue weighted by Crippen LogP contribution is 2.26. The zero-order valence-corrected chi connectivity index (χ0v) is 13.8. The van der Waals surface area contributed by atoms with Gasteiger partial charge in [0, 0.05) is 50.3 Å². The van der Waals surface area contributed by atoms with Crippen LogP contribution in [-0.2, 0) is 0 Å². The number of anilines is 1. The fourth-order valence-corrected chi connectivity index (χ4v) is 3.09. The molecule has 0 amide bonds. The molecule has 0 saturated carbocycles. The number of aromatic nitrogens is 1. The third-order valence-corrected chi connectivity index (χ3v) is 4.41. The molecule has 1 aliphatic rings. The number of rotatable bonds is 4. The van der Waals surface area contributed by atoms with Gasteiger partial charge in [-0.3, -0.25) is 9.88 Å². The molecule has 5 nitrogen and oxygen atoms in total. The van der Waals surface area contributed by atoms with Crippen LogP contribution in [0.15, 0.2) is 30.5 Å². The van der Waals surface area contributed by atoms with E-state index in [4.69, 9.17) is 0 Å². The van der Waals surface area contributed by atoms with Crippen LogP contribution in [-0.4, -0.2) is 60.6 Å². The summed E-state index contributed by atoms with van der Waals surface area (Å²) < 4.78 is 0. The quantitative estimate of drug-likeness (QED) is 0.938. The van der Waals surface area contributed by atoms with Crippen molar-refractivity contribution in [1.29, 1.82) is 5.26 Å². The minimum Gasteiger partial charge on any atom is -0.380 e. The summed E-state index contributed by atoms with van der Waals surface area (Å²) in [7, 11) is 2.17. The second kappa shape index (κ2) is 6.95. The van der Waals surface area contributed by atoms with Gasteiger partial charge in [-0.2, -0.15) is 5.26 Å². The van der Waals surface area contributed by atoms with Crippen molar-refractivity contribution in [2.45, 2.75) is 13.0 Å². The molecule has 1 atom stereocenters. The van der Waals surface area contributed by atoms with Crippen molar-refractivity contribution >= 4 is 16.6 Å². The van der Waals surface area contributed by atoms with Gasteiger partial charge >= 0.3 is 0 Å². The molecule has 1 aromatic heterocycles. The van der Waals surface area contributed by atoms with E-state index in [0.29, 0.717) is 5.56 Å². The highest BCUT2D eigenvalue weighted by atomic mass is 15.3. The van der Waals surface area contributed by atoms with Crippen LogP contribution in [0.4, 0.5) is 5.69 Å². The molecular weight excluding hydrogens is 286 g/mol. The molecule has 120 valence electrons. The van der Waals surface area contributed by atoms with Crippen LogP contribution in [0.1, 0.15) is 12.5 Å². The second-order valence-corrected chi connectivity index (χ2v) is 6.33. The topological polar surface area (TPSA) is 55.2 Å². The van der Waals surface area contributed by atoms with E-state index in [-0.39, 0.29) is 6.04 Å². The van der Waals surface area contributed by atoms with Gasteiger partial charge < -0.3 is 10.2 Å². The summed E-state index contributed by atoms with van der Waals surface area (Å²) in [5.74, 6) is 0. The maximum absolute atomic E-state index is 9.40. The molecule has 23 heavy (non-hydrogen) atoms. The van der Waals surface area contributed by atoms with E-state index in [1.54, 1.807) is 6.20 Å². The number of pyridine rings is 1. The van der Waals surface area contributed by atoms with Crippen molar-refractivity contribution in [1.82, 2.24) is 14.8 Å². The number of para-hydroxylation sites is 1. The molecule has 1 unspecified atom stereocenters. The van der Waals surface area contributed by atoms with Crippen LogP contribution in [0, 0.1) is 11.3 Å². The minimum absolute atomic E-state index is 0.274. The predicted molar refractivity (Wildman–Crippen MR) is 93.5 cm³/mol. The van der Waals surface area contributed by atoms with E-state index in [1.807, 2.05) is 24.3 Å². The van der Waals surface area contributed by atoms with Crippen LogP contribution < -0.4 is 5.32 Å². The van der Waals surface area contributed by atoms with Gasteiger partial charge in [-0.25, -0.2) is 0 Å². The average Bonchev–Trinajstić information content (AvgIpc) is 2.57. The number of nitrogens with one attached hydrogen (secondary N) is 1. The minimum atomic E-state index is 0.274. The molecule has 3 rings (SSSR count). The largest absolute Gasteiger partial charge is 0.380 e. The van der Waals surface area contributed by atoms with Crippen molar-refractivity contribution in [3.63, 3.8) is 0 Å². The first kappa shape index (κ1) is 15.7. The van der Waals surface area contributed by atoms with Gasteiger partial charge in [0.2, 0.25) is 0 Å². The van der Waals surface area contributed by atoms with Crippen molar-refractivity contribution in [3.8, 4) is 6.07 Å². The van der Waals surface area contributed by atoms with Gasteiger partial charge in [-0.05, 0) is 20.0 Å². The first-order chi connectivity index (χ1) is 11.2. The number of nitrogens with zero attached hydrogens (tertiary/aromatic N) is 4. The smallest absolute Gasteiger partial charge is 0.103 e. The van der Waals surface area contributed by atoms with Gasteiger partial charge in [-0.15, -0.1) is 0 Å². The maximum Gasteiger partial charge on any atom is 0.103 e. The maximum atomic E-state index is 9.40. The number of benzene rings is 1. The first-order valence-electron chi connectivity index (χ1n) is 8.12. The van der Waals surface area contributed by atoms with E-state index in [2.05, 4.69) is 40.1 Å². The molecular formula is C18H23N5. The summed E-state index contributed by atoms with van der Waals surface area (Å²) in [5, 5.41) is 14.0. The van der Waals surface area contributed by atoms with Crippen molar-refractivity contribution in [2.75, 3.05) is 45.1 Å². The Balaban J connectivity index is 1.76. The van der Waals surface area contributed by atoms with Crippen molar-refractivity contribution < 1.29 is 0 Å². The molecule has 1 N–H and O–H groups in total. The van der Waals surface area contributed by atoms with Gasteiger partial charge in [0.25, 0.3) is 0 Å². The highest BCUT2D eigenvalue weighted by Gasteiger charge is 2.17. The Labute approximate surface area is 137 Å². The number of hydrogen-bond acceptors (Lipinski definition) is 5. The van der Waals surface area contributed by atoms with Crippen LogP contribution in [0.25, 0.3) is 10.9 Å². The second-order valence-electron chi connectivity index (χ2n) is 6.33. The normalized spacial score (nSPS) is 17.8. The van der Waals surface area contributed by atoms with Crippen molar-refractivity contribution in [2.24, 2.45) is 0 Å². The average molecular weight is 309 g/mol. The molecule has 5 heteroatoms. The van der Waals surface area contributed by atoms with Crippen molar-refractivity contribution in [3.05, 3.63) is 36.0 Å². The Bertz CT molecular complexity index is 713. The summed E-state index contributed by atoms with van der Waals surface area (Å²) in [6.07, 6.45) is 1.66. The Morgan fingerprint density at radius 1 is 1.26 bits per heavy atom. The standard InChI is InChI=1S/C18H23N5/c1-14(13-23-9-7-22(2)8-10-23)21-18-15(11-19)12-20-17-6-4-3-5-16(17)18/h3-6,12,14H,7-10,13H2,1-2H3,(H,20,21). The molecule has 2 aromatic rings. The van der Waals surface area contributed by atoms with Gasteiger partial charge in [0.15, 0.2) is 0 Å². The molecule has 1 aliphatic heterocycles. The Morgan fingerprint density at radius 2 is 2.00 bits per heavy atom. The third kappa shape index (κ3) is 3.61. The lowest BCUT2D eigenvalue weighted by Gasteiger charge is -2.34. The lowest BCUT2D eigenvalue weighted by atomic mass is 10.1. The first-order valence-corrected chi connectivity index (χ1v) is 8.12. The van der Waals surface area contributed by atoms with E-state index >= 15 is 0 Å².